The van der Waals surface area contributed by atoms with Crippen molar-refractivity contribution in [3.05, 3.63) is 53.6 Å². The van der Waals surface area contributed by atoms with Crippen molar-refractivity contribution in [2.45, 2.75) is 37.0 Å². The summed E-state index contributed by atoms with van der Waals surface area (Å²) in [5.74, 6) is 0. The summed E-state index contributed by atoms with van der Waals surface area (Å²) in [6.07, 6.45) is 4.50. The van der Waals surface area contributed by atoms with Gasteiger partial charge in [-0.25, -0.2) is 0 Å². The van der Waals surface area contributed by atoms with Crippen LogP contribution in [0.15, 0.2) is 47.4 Å². The molecule has 19 heavy (non-hydrogen) atoms. The number of benzene rings is 2. The zero-order chi connectivity index (χ0) is 13.5. The molecule has 3 rings (SSSR count). The lowest BCUT2D eigenvalue weighted by molar-refractivity contribution is 0.489. The molecule has 1 aliphatic rings. The van der Waals surface area contributed by atoms with Crippen LogP contribution in [0.3, 0.4) is 0 Å². The highest BCUT2D eigenvalue weighted by Crippen LogP contribution is 2.53. The van der Waals surface area contributed by atoms with Crippen molar-refractivity contribution >= 4 is 11.8 Å². The molecule has 2 aromatic carbocycles. The maximum absolute atomic E-state index is 2.41. The summed E-state index contributed by atoms with van der Waals surface area (Å²) in [6.45, 7) is 4.64. The molecule has 0 saturated heterocycles. The molecule has 1 aliphatic carbocycles. The van der Waals surface area contributed by atoms with E-state index in [1.165, 1.54) is 40.0 Å². The van der Waals surface area contributed by atoms with Crippen LogP contribution in [-0.4, -0.2) is 6.26 Å². The van der Waals surface area contributed by atoms with E-state index in [9.17, 15) is 0 Å². The molecule has 1 heteroatoms. The van der Waals surface area contributed by atoms with Crippen LogP contribution >= 0.6 is 11.8 Å². The Kier molecular flexibility index (Phi) is 3.18. The third-order valence-electron chi connectivity index (χ3n) is 4.68. The molecule has 0 aliphatic heterocycles. The van der Waals surface area contributed by atoms with Gasteiger partial charge in [-0.05, 0) is 53.5 Å². The molecule has 0 amide bonds. The molecule has 0 fully saturated rings. The van der Waals surface area contributed by atoms with Gasteiger partial charge in [0.2, 0.25) is 0 Å². The highest BCUT2D eigenvalue weighted by atomic mass is 32.2. The first-order chi connectivity index (χ1) is 9.26. The predicted octanol–water partition coefficient (Wildman–Crippen LogP) is 5.50. The minimum atomic E-state index is 0.220. The van der Waals surface area contributed by atoms with Gasteiger partial charge in [-0.15, -0.1) is 11.8 Å². The first kappa shape index (κ1) is 12.8. The number of hydrogen-bond acceptors (Lipinski definition) is 1. The second-order valence-electron chi connectivity index (χ2n) is 5.25. The molecule has 98 valence electrons. The number of rotatable bonds is 3. The third-order valence-corrected chi connectivity index (χ3v) is 5.41. The quantitative estimate of drug-likeness (QED) is 0.663. The first-order valence-corrected chi connectivity index (χ1v) is 8.27. The lowest BCUT2D eigenvalue weighted by atomic mass is 9.74. The molecule has 0 radical (unpaired) electrons. The standard InChI is InChI=1S/C18H20S/c1-4-18(5-2)16-9-7-6-8-14(16)15-11-10-13(19-3)12-17(15)18/h6-12H,4-5H2,1-3H3. The van der Waals surface area contributed by atoms with E-state index in [2.05, 4.69) is 62.6 Å². The van der Waals surface area contributed by atoms with Crippen molar-refractivity contribution in [3.63, 3.8) is 0 Å². The Labute approximate surface area is 120 Å². The molecule has 0 heterocycles. The van der Waals surface area contributed by atoms with Gasteiger partial charge >= 0.3 is 0 Å². The molecule has 0 spiro atoms. The van der Waals surface area contributed by atoms with Gasteiger partial charge in [-0.1, -0.05) is 44.2 Å². The van der Waals surface area contributed by atoms with Gasteiger partial charge in [0.25, 0.3) is 0 Å². The highest BCUT2D eigenvalue weighted by Gasteiger charge is 2.40. The minimum absolute atomic E-state index is 0.220. The van der Waals surface area contributed by atoms with Crippen molar-refractivity contribution in [1.29, 1.82) is 0 Å². The van der Waals surface area contributed by atoms with Gasteiger partial charge in [-0.2, -0.15) is 0 Å². The van der Waals surface area contributed by atoms with E-state index in [4.69, 9.17) is 0 Å². The molecule has 0 N–H and O–H groups in total. The monoisotopic (exact) mass is 268 g/mol. The summed E-state index contributed by atoms with van der Waals surface area (Å²) in [4.78, 5) is 1.37. The van der Waals surface area contributed by atoms with E-state index in [1.807, 2.05) is 11.8 Å². The van der Waals surface area contributed by atoms with Crippen molar-refractivity contribution in [2.24, 2.45) is 0 Å². The molecule has 0 unspecified atom stereocenters. The average Bonchev–Trinajstić information content (AvgIpc) is 2.77. The van der Waals surface area contributed by atoms with Crippen molar-refractivity contribution < 1.29 is 0 Å². The maximum atomic E-state index is 2.41. The summed E-state index contributed by atoms with van der Waals surface area (Å²) in [6, 6.07) is 15.9. The van der Waals surface area contributed by atoms with E-state index in [0.29, 0.717) is 0 Å². The van der Waals surface area contributed by atoms with E-state index < -0.39 is 0 Å². The molecular formula is C18H20S. The van der Waals surface area contributed by atoms with Gasteiger partial charge in [0.1, 0.15) is 0 Å². The second kappa shape index (κ2) is 4.72. The Bertz CT molecular complexity index is 609. The van der Waals surface area contributed by atoms with Crippen LogP contribution in [-0.2, 0) is 5.41 Å². The number of thioether (sulfide) groups is 1. The van der Waals surface area contributed by atoms with Crippen LogP contribution in [0.25, 0.3) is 11.1 Å². The van der Waals surface area contributed by atoms with Crippen LogP contribution in [0.1, 0.15) is 37.8 Å². The Hall–Kier alpha value is -1.21. The first-order valence-electron chi connectivity index (χ1n) is 7.05. The fraction of sp³-hybridized carbons (Fsp3) is 0.333. The molecule has 0 nitrogen and oxygen atoms in total. The molecule has 0 atom stereocenters. The summed E-state index contributed by atoms with van der Waals surface area (Å²) in [5.41, 5.74) is 6.15. The number of fused-ring (bicyclic) bond motifs is 3. The highest BCUT2D eigenvalue weighted by molar-refractivity contribution is 7.98. The van der Waals surface area contributed by atoms with Gasteiger partial charge in [0.15, 0.2) is 0 Å². The van der Waals surface area contributed by atoms with Crippen LogP contribution in [0.2, 0.25) is 0 Å². The van der Waals surface area contributed by atoms with Crippen LogP contribution in [0, 0.1) is 0 Å². The summed E-state index contributed by atoms with van der Waals surface area (Å²) in [5, 5.41) is 0. The van der Waals surface area contributed by atoms with Crippen LogP contribution in [0.5, 0.6) is 0 Å². The lowest BCUT2D eigenvalue weighted by Crippen LogP contribution is -2.22. The molecule has 2 aromatic rings. The molecule has 0 saturated carbocycles. The zero-order valence-electron chi connectivity index (χ0n) is 11.9. The van der Waals surface area contributed by atoms with Crippen LogP contribution < -0.4 is 0 Å². The third kappa shape index (κ3) is 1.68. The Morgan fingerprint density at radius 1 is 0.895 bits per heavy atom. The summed E-state index contributed by atoms with van der Waals surface area (Å²) >= 11 is 1.84. The van der Waals surface area contributed by atoms with Gasteiger partial charge in [-0.3, -0.25) is 0 Å². The van der Waals surface area contributed by atoms with Gasteiger partial charge < -0.3 is 0 Å². The Morgan fingerprint density at radius 3 is 2.26 bits per heavy atom. The van der Waals surface area contributed by atoms with Crippen LogP contribution in [0.4, 0.5) is 0 Å². The van der Waals surface area contributed by atoms with Crippen molar-refractivity contribution in [1.82, 2.24) is 0 Å². The average molecular weight is 268 g/mol. The fourth-order valence-electron chi connectivity index (χ4n) is 3.57. The minimum Gasteiger partial charge on any atom is -0.130 e. The zero-order valence-corrected chi connectivity index (χ0v) is 12.7. The normalized spacial score (nSPS) is 15.1. The molecule has 0 bridgehead atoms. The number of hydrogen-bond donors (Lipinski definition) is 0. The van der Waals surface area contributed by atoms with Gasteiger partial charge in [0.05, 0.1) is 0 Å². The van der Waals surface area contributed by atoms with E-state index >= 15 is 0 Å². The largest absolute Gasteiger partial charge is 0.130 e. The van der Waals surface area contributed by atoms with E-state index in [-0.39, 0.29) is 5.41 Å². The molecule has 0 aromatic heterocycles. The van der Waals surface area contributed by atoms with Gasteiger partial charge in [0, 0.05) is 10.3 Å². The smallest absolute Gasteiger partial charge is 0.0210 e. The van der Waals surface area contributed by atoms with Crippen molar-refractivity contribution in [3.8, 4) is 11.1 Å². The Balaban J connectivity index is 2.33. The summed E-state index contributed by atoms with van der Waals surface area (Å²) < 4.78 is 0. The topological polar surface area (TPSA) is 0 Å². The SMILES string of the molecule is CCC1(CC)c2ccccc2-c2ccc(SC)cc21. The summed E-state index contributed by atoms with van der Waals surface area (Å²) in [7, 11) is 0. The van der Waals surface area contributed by atoms with Crippen molar-refractivity contribution in [2.75, 3.05) is 6.26 Å². The van der Waals surface area contributed by atoms with E-state index in [1.54, 1.807) is 0 Å². The predicted molar refractivity (Wildman–Crippen MR) is 85.0 cm³/mol. The second-order valence-corrected chi connectivity index (χ2v) is 6.13. The fourth-order valence-corrected chi connectivity index (χ4v) is 4.01. The maximum Gasteiger partial charge on any atom is 0.0210 e. The molecular weight excluding hydrogens is 248 g/mol. The Morgan fingerprint density at radius 2 is 1.58 bits per heavy atom. The lowest BCUT2D eigenvalue weighted by Gasteiger charge is -2.29. The van der Waals surface area contributed by atoms with E-state index in [0.717, 1.165) is 0 Å².